The summed E-state index contributed by atoms with van der Waals surface area (Å²) in [5.41, 5.74) is 1.11. The number of nitro groups is 1. The molecule has 0 unspecified atom stereocenters. The Morgan fingerprint density at radius 3 is 2.64 bits per heavy atom. The molecule has 22 heavy (non-hydrogen) atoms. The van der Waals surface area contributed by atoms with Crippen molar-refractivity contribution in [2.24, 2.45) is 4.99 Å². The lowest BCUT2D eigenvalue weighted by Crippen LogP contribution is -2.29. The zero-order chi connectivity index (χ0) is 15.7. The molecular weight excluding hydrogens is 284 g/mol. The number of aliphatic imine (C=N–C) groups is 1. The molecule has 1 heterocycles. The van der Waals surface area contributed by atoms with Crippen LogP contribution in [0.25, 0.3) is 0 Å². The van der Waals surface area contributed by atoms with Gasteiger partial charge in [-0.25, -0.2) is 0 Å². The SMILES string of the molecule is CC1(C)Oc2ccc(N=Cc3ccccc3[N+](=O)[O-])cc2O1. The van der Waals surface area contributed by atoms with Crippen molar-refractivity contribution in [1.29, 1.82) is 0 Å². The number of fused-ring (bicyclic) bond motifs is 1. The van der Waals surface area contributed by atoms with Crippen molar-refractivity contribution in [2.75, 3.05) is 0 Å². The van der Waals surface area contributed by atoms with Crippen LogP contribution in [0, 0.1) is 10.1 Å². The Balaban J connectivity index is 1.88. The second-order valence-corrected chi connectivity index (χ2v) is 5.31. The molecule has 1 aliphatic rings. The van der Waals surface area contributed by atoms with E-state index in [1.165, 1.54) is 12.3 Å². The van der Waals surface area contributed by atoms with Gasteiger partial charge in [0.15, 0.2) is 11.5 Å². The van der Waals surface area contributed by atoms with Crippen molar-refractivity contribution in [3.8, 4) is 11.5 Å². The predicted octanol–water partition coefficient (Wildman–Crippen LogP) is 3.85. The molecule has 6 nitrogen and oxygen atoms in total. The number of para-hydroxylation sites is 1. The molecule has 0 fully saturated rings. The Morgan fingerprint density at radius 1 is 1.14 bits per heavy atom. The Hall–Kier alpha value is -2.89. The number of hydrogen-bond donors (Lipinski definition) is 0. The number of rotatable bonds is 3. The average molecular weight is 298 g/mol. The molecule has 0 aromatic heterocycles. The first kappa shape index (κ1) is 14.1. The summed E-state index contributed by atoms with van der Waals surface area (Å²) in [7, 11) is 0. The average Bonchev–Trinajstić information content (AvgIpc) is 2.78. The number of nitrogens with zero attached hydrogens (tertiary/aromatic N) is 2. The summed E-state index contributed by atoms with van der Waals surface area (Å²) in [5.74, 6) is 0.583. The zero-order valence-corrected chi connectivity index (χ0v) is 12.1. The highest BCUT2D eigenvalue weighted by atomic mass is 16.7. The van der Waals surface area contributed by atoms with Crippen LogP contribution < -0.4 is 9.47 Å². The van der Waals surface area contributed by atoms with E-state index in [4.69, 9.17) is 9.47 Å². The molecule has 0 spiro atoms. The topological polar surface area (TPSA) is 74.0 Å². The molecule has 3 rings (SSSR count). The van der Waals surface area contributed by atoms with E-state index in [1.54, 1.807) is 36.4 Å². The minimum Gasteiger partial charge on any atom is -0.449 e. The fourth-order valence-electron chi connectivity index (χ4n) is 2.20. The highest BCUT2D eigenvalue weighted by molar-refractivity contribution is 5.87. The number of ether oxygens (including phenoxy) is 2. The van der Waals surface area contributed by atoms with E-state index in [1.807, 2.05) is 13.8 Å². The number of hydrogen-bond acceptors (Lipinski definition) is 5. The summed E-state index contributed by atoms with van der Waals surface area (Å²) in [6.07, 6.45) is 1.47. The van der Waals surface area contributed by atoms with Gasteiger partial charge in [0, 0.05) is 32.2 Å². The van der Waals surface area contributed by atoms with Gasteiger partial charge in [0.2, 0.25) is 5.79 Å². The van der Waals surface area contributed by atoms with E-state index < -0.39 is 10.7 Å². The lowest BCUT2D eigenvalue weighted by Gasteiger charge is -2.16. The van der Waals surface area contributed by atoms with Crippen LogP contribution >= 0.6 is 0 Å². The predicted molar refractivity (Wildman–Crippen MR) is 82.1 cm³/mol. The Kier molecular flexibility index (Phi) is 3.29. The highest BCUT2D eigenvalue weighted by Crippen LogP contribution is 2.41. The summed E-state index contributed by atoms with van der Waals surface area (Å²) >= 11 is 0. The van der Waals surface area contributed by atoms with Crippen molar-refractivity contribution in [3.05, 3.63) is 58.1 Å². The fourth-order valence-corrected chi connectivity index (χ4v) is 2.20. The van der Waals surface area contributed by atoms with Crippen LogP contribution in [0.1, 0.15) is 19.4 Å². The van der Waals surface area contributed by atoms with Gasteiger partial charge in [0.1, 0.15) is 0 Å². The third-order valence-corrected chi connectivity index (χ3v) is 3.12. The summed E-state index contributed by atoms with van der Waals surface area (Å²) in [4.78, 5) is 14.8. The second-order valence-electron chi connectivity index (χ2n) is 5.31. The molecule has 0 bridgehead atoms. The summed E-state index contributed by atoms with van der Waals surface area (Å²) in [6, 6.07) is 11.7. The van der Waals surface area contributed by atoms with Crippen molar-refractivity contribution in [3.63, 3.8) is 0 Å². The van der Waals surface area contributed by atoms with Gasteiger partial charge in [0.25, 0.3) is 5.69 Å². The number of nitro benzene ring substituents is 1. The molecule has 0 saturated carbocycles. The smallest absolute Gasteiger partial charge is 0.278 e. The van der Waals surface area contributed by atoms with Crippen molar-refractivity contribution in [1.82, 2.24) is 0 Å². The van der Waals surface area contributed by atoms with E-state index in [0.29, 0.717) is 22.7 Å². The standard InChI is InChI=1S/C16H14N2O4/c1-16(2)21-14-8-7-12(9-15(14)22-16)17-10-11-5-3-4-6-13(11)18(19)20/h3-10H,1-2H3. The van der Waals surface area contributed by atoms with E-state index >= 15 is 0 Å². The van der Waals surface area contributed by atoms with Gasteiger partial charge >= 0.3 is 0 Å². The van der Waals surface area contributed by atoms with E-state index in [-0.39, 0.29) is 5.69 Å². The third-order valence-electron chi connectivity index (χ3n) is 3.12. The Labute approximate surface area is 127 Å². The summed E-state index contributed by atoms with van der Waals surface area (Å²) in [6.45, 7) is 3.65. The van der Waals surface area contributed by atoms with Crippen LogP contribution in [0.2, 0.25) is 0 Å². The van der Waals surface area contributed by atoms with Crippen LogP contribution in [0.5, 0.6) is 11.5 Å². The molecule has 1 aliphatic heterocycles. The minimum atomic E-state index is -0.692. The van der Waals surface area contributed by atoms with Crippen LogP contribution in [0.15, 0.2) is 47.5 Å². The molecule has 0 N–H and O–H groups in total. The molecule has 0 atom stereocenters. The maximum absolute atomic E-state index is 11.0. The largest absolute Gasteiger partial charge is 0.449 e. The normalized spacial score (nSPS) is 15.2. The minimum absolute atomic E-state index is 0.0214. The molecule has 2 aromatic carbocycles. The summed E-state index contributed by atoms with van der Waals surface area (Å²) < 4.78 is 11.2. The van der Waals surface area contributed by atoms with Crippen LogP contribution in [0.4, 0.5) is 11.4 Å². The second kappa shape index (κ2) is 5.14. The van der Waals surface area contributed by atoms with E-state index in [0.717, 1.165) is 0 Å². The Bertz CT molecular complexity index is 768. The van der Waals surface area contributed by atoms with Gasteiger partial charge < -0.3 is 9.47 Å². The molecule has 6 heteroatoms. The van der Waals surface area contributed by atoms with Gasteiger partial charge in [0.05, 0.1) is 16.2 Å². The van der Waals surface area contributed by atoms with Gasteiger partial charge in [-0.05, 0) is 18.2 Å². The molecule has 0 radical (unpaired) electrons. The zero-order valence-electron chi connectivity index (χ0n) is 12.1. The summed E-state index contributed by atoms with van der Waals surface area (Å²) in [5, 5.41) is 11.0. The first-order valence-electron chi connectivity index (χ1n) is 6.74. The van der Waals surface area contributed by atoms with Gasteiger partial charge in [-0.1, -0.05) is 12.1 Å². The lowest BCUT2D eigenvalue weighted by molar-refractivity contribution is -0.385. The van der Waals surface area contributed by atoms with Gasteiger partial charge in [-0.3, -0.25) is 15.1 Å². The maximum atomic E-state index is 11.0. The molecule has 0 saturated heterocycles. The molecule has 112 valence electrons. The van der Waals surface area contributed by atoms with E-state index in [2.05, 4.69) is 4.99 Å². The first-order valence-corrected chi connectivity index (χ1v) is 6.74. The molecule has 0 aliphatic carbocycles. The number of benzene rings is 2. The third kappa shape index (κ3) is 2.76. The lowest BCUT2D eigenvalue weighted by atomic mass is 10.2. The van der Waals surface area contributed by atoms with Crippen LogP contribution in [0.3, 0.4) is 0 Å². The van der Waals surface area contributed by atoms with Crippen LogP contribution in [-0.4, -0.2) is 16.9 Å². The highest BCUT2D eigenvalue weighted by Gasteiger charge is 2.31. The van der Waals surface area contributed by atoms with E-state index in [9.17, 15) is 10.1 Å². The van der Waals surface area contributed by atoms with Crippen molar-refractivity contribution >= 4 is 17.6 Å². The maximum Gasteiger partial charge on any atom is 0.278 e. The first-order chi connectivity index (χ1) is 10.4. The molecule has 2 aromatic rings. The molecular formula is C16H14N2O4. The fraction of sp³-hybridized carbons (Fsp3) is 0.188. The Morgan fingerprint density at radius 2 is 1.86 bits per heavy atom. The monoisotopic (exact) mass is 298 g/mol. The van der Waals surface area contributed by atoms with Crippen LogP contribution in [-0.2, 0) is 0 Å². The van der Waals surface area contributed by atoms with Crippen molar-refractivity contribution in [2.45, 2.75) is 19.6 Å². The quantitative estimate of drug-likeness (QED) is 0.490. The molecule has 0 amide bonds. The van der Waals surface area contributed by atoms with Gasteiger partial charge in [-0.2, -0.15) is 0 Å². The van der Waals surface area contributed by atoms with Gasteiger partial charge in [-0.15, -0.1) is 0 Å². The van der Waals surface area contributed by atoms with Crippen molar-refractivity contribution < 1.29 is 14.4 Å².